The second-order valence-electron chi connectivity index (χ2n) is 4.47. The van der Waals surface area contributed by atoms with Crippen LogP contribution in [0.1, 0.15) is 24.7 Å². The zero-order valence-electron chi connectivity index (χ0n) is 10.4. The maximum absolute atomic E-state index is 11.4. The molecule has 1 saturated heterocycles. The Bertz CT molecular complexity index is 568. The summed E-state index contributed by atoms with van der Waals surface area (Å²) in [7, 11) is -2.91. The van der Waals surface area contributed by atoms with E-state index in [0.29, 0.717) is 23.8 Å². The number of hydrogen-bond donors (Lipinski definition) is 1. The van der Waals surface area contributed by atoms with Crippen LogP contribution in [0.15, 0.2) is 5.16 Å². The first-order valence-corrected chi connectivity index (χ1v) is 8.66. The van der Waals surface area contributed by atoms with Crippen LogP contribution in [0.3, 0.4) is 0 Å². The van der Waals surface area contributed by atoms with Gasteiger partial charge in [-0.1, -0.05) is 11.8 Å². The molecule has 0 unspecified atom stereocenters. The Hall–Kier alpha value is -1.09. The van der Waals surface area contributed by atoms with E-state index < -0.39 is 15.8 Å². The van der Waals surface area contributed by atoms with Crippen molar-refractivity contribution in [2.75, 3.05) is 17.3 Å². The van der Waals surface area contributed by atoms with Crippen LogP contribution in [-0.4, -0.2) is 51.5 Å². The van der Waals surface area contributed by atoms with E-state index in [-0.39, 0.29) is 23.3 Å². The quantitative estimate of drug-likeness (QED) is 0.809. The smallest absolute Gasteiger partial charge is 0.313 e. The number of carboxylic acids is 1. The average molecular weight is 305 g/mol. The fourth-order valence-corrected chi connectivity index (χ4v) is 4.37. The van der Waals surface area contributed by atoms with Gasteiger partial charge in [0.25, 0.3) is 0 Å². The van der Waals surface area contributed by atoms with Gasteiger partial charge in [0.05, 0.1) is 17.3 Å². The molecular weight excluding hydrogens is 290 g/mol. The molecule has 9 heteroatoms. The number of aromatic nitrogens is 3. The van der Waals surface area contributed by atoms with Crippen LogP contribution in [-0.2, 0) is 14.6 Å². The fourth-order valence-electron chi connectivity index (χ4n) is 2.13. The summed E-state index contributed by atoms with van der Waals surface area (Å²) in [4.78, 5) is 10.6. The Morgan fingerprint density at radius 1 is 1.42 bits per heavy atom. The van der Waals surface area contributed by atoms with E-state index in [2.05, 4.69) is 10.2 Å². The molecule has 0 saturated carbocycles. The summed E-state index contributed by atoms with van der Waals surface area (Å²) >= 11 is 1.11. The molecule has 106 valence electrons. The molecule has 1 fully saturated rings. The Labute approximate surface area is 115 Å². The van der Waals surface area contributed by atoms with Gasteiger partial charge in [-0.2, -0.15) is 0 Å². The van der Waals surface area contributed by atoms with E-state index in [1.54, 1.807) is 6.92 Å². The van der Waals surface area contributed by atoms with Crippen molar-refractivity contribution < 1.29 is 18.3 Å². The third-order valence-corrected chi connectivity index (χ3v) is 5.69. The highest BCUT2D eigenvalue weighted by molar-refractivity contribution is 7.99. The van der Waals surface area contributed by atoms with Crippen LogP contribution in [0.5, 0.6) is 0 Å². The molecule has 19 heavy (non-hydrogen) atoms. The lowest BCUT2D eigenvalue weighted by Crippen LogP contribution is -2.26. The van der Waals surface area contributed by atoms with Gasteiger partial charge in [0.1, 0.15) is 15.7 Å². The minimum absolute atomic E-state index is 0.0369. The van der Waals surface area contributed by atoms with Crippen molar-refractivity contribution in [3.63, 3.8) is 0 Å². The van der Waals surface area contributed by atoms with Gasteiger partial charge in [0, 0.05) is 6.04 Å². The minimum Gasteiger partial charge on any atom is -0.481 e. The largest absolute Gasteiger partial charge is 0.481 e. The number of aliphatic carboxylic acids is 1. The van der Waals surface area contributed by atoms with Crippen molar-refractivity contribution in [2.45, 2.75) is 31.0 Å². The maximum atomic E-state index is 11.4. The van der Waals surface area contributed by atoms with Gasteiger partial charge in [-0.25, -0.2) is 8.42 Å². The zero-order chi connectivity index (χ0) is 14.0. The summed E-state index contributed by atoms with van der Waals surface area (Å²) in [6.07, 6.45) is 1.06. The highest BCUT2D eigenvalue weighted by Gasteiger charge is 2.27. The number of nitrogens with zero attached hydrogens (tertiary/aromatic N) is 3. The van der Waals surface area contributed by atoms with Gasteiger partial charge in [-0.05, 0) is 19.8 Å². The number of sulfone groups is 1. The number of carboxylic acid groups (broad SMARTS) is 1. The second-order valence-corrected chi connectivity index (χ2v) is 7.71. The van der Waals surface area contributed by atoms with Gasteiger partial charge in [-0.3, -0.25) is 4.79 Å². The third-order valence-electron chi connectivity index (χ3n) is 3.05. The first-order valence-electron chi connectivity index (χ1n) is 5.85. The molecule has 1 aliphatic heterocycles. The lowest BCUT2D eigenvalue weighted by atomic mass is 10.1. The van der Waals surface area contributed by atoms with Gasteiger partial charge < -0.3 is 9.67 Å². The third kappa shape index (κ3) is 3.47. The first-order chi connectivity index (χ1) is 8.89. The highest BCUT2D eigenvalue weighted by atomic mass is 32.2. The van der Waals surface area contributed by atoms with Gasteiger partial charge in [0.2, 0.25) is 0 Å². The lowest BCUT2D eigenvalue weighted by Gasteiger charge is -2.25. The summed E-state index contributed by atoms with van der Waals surface area (Å²) in [5.41, 5.74) is 0. The Kier molecular flexibility index (Phi) is 4.14. The van der Waals surface area contributed by atoms with Crippen LogP contribution in [0.25, 0.3) is 0 Å². The number of aryl methyl sites for hydroxylation is 1. The molecule has 2 heterocycles. The van der Waals surface area contributed by atoms with E-state index in [9.17, 15) is 13.2 Å². The van der Waals surface area contributed by atoms with Gasteiger partial charge in [0.15, 0.2) is 5.16 Å². The Morgan fingerprint density at radius 2 is 2.05 bits per heavy atom. The molecule has 1 aliphatic rings. The van der Waals surface area contributed by atoms with Crippen molar-refractivity contribution >= 4 is 27.6 Å². The normalized spacial score (nSPS) is 19.4. The van der Waals surface area contributed by atoms with Crippen LogP contribution in [0, 0.1) is 6.92 Å². The van der Waals surface area contributed by atoms with Crippen molar-refractivity contribution in [2.24, 2.45) is 0 Å². The summed E-state index contributed by atoms with van der Waals surface area (Å²) in [5, 5.41) is 17.2. The fraction of sp³-hybridized carbons (Fsp3) is 0.700. The van der Waals surface area contributed by atoms with E-state index >= 15 is 0 Å². The molecule has 0 bridgehead atoms. The van der Waals surface area contributed by atoms with E-state index in [0.717, 1.165) is 11.8 Å². The lowest BCUT2D eigenvalue weighted by molar-refractivity contribution is -0.133. The number of thioether (sulfide) groups is 1. The molecule has 0 spiro atoms. The van der Waals surface area contributed by atoms with Crippen LogP contribution in [0.2, 0.25) is 0 Å². The molecule has 1 N–H and O–H groups in total. The predicted molar refractivity (Wildman–Crippen MR) is 70.0 cm³/mol. The molecular formula is C10H15N3O4S2. The Morgan fingerprint density at radius 3 is 2.63 bits per heavy atom. The molecule has 0 amide bonds. The molecule has 1 aromatic heterocycles. The minimum atomic E-state index is -2.91. The molecule has 2 rings (SSSR count). The highest BCUT2D eigenvalue weighted by Crippen LogP contribution is 2.29. The standard InChI is InChI=1S/C10H15N3O4S2/c1-7-11-12-10(18-6-9(14)15)13(7)8-2-4-19(16,17)5-3-8/h8H,2-6H2,1H3,(H,14,15). The van der Waals surface area contributed by atoms with Crippen molar-refractivity contribution in [3.05, 3.63) is 5.82 Å². The molecule has 0 aromatic carbocycles. The molecule has 7 nitrogen and oxygen atoms in total. The topological polar surface area (TPSA) is 102 Å². The SMILES string of the molecule is Cc1nnc(SCC(=O)O)n1C1CCS(=O)(=O)CC1. The average Bonchev–Trinajstić information content (AvgIpc) is 2.68. The summed E-state index contributed by atoms with van der Waals surface area (Å²) in [6, 6.07) is 0.0369. The summed E-state index contributed by atoms with van der Waals surface area (Å²) in [5.74, 6) is 0.0281. The van der Waals surface area contributed by atoms with E-state index in [4.69, 9.17) is 5.11 Å². The second kappa shape index (κ2) is 5.49. The van der Waals surface area contributed by atoms with Crippen molar-refractivity contribution in [1.29, 1.82) is 0 Å². The van der Waals surface area contributed by atoms with Crippen LogP contribution >= 0.6 is 11.8 Å². The number of carbonyl (C=O) groups is 1. The molecule has 1 aromatic rings. The van der Waals surface area contributed by atoms with Crippen LogP contribution in [0.4, 0.5) is 0 Å². The summed E-state index contributed by atoms with van der Waals surface area (Å²) < 4.78 is 24.7. The van der Waals surface area contributed by atoms with Crippen molar-refractivity contribution in [3.8, 4) is 0 Å². The number of hydrogen-bond acceptors (Lipinski definition) is 6. The Balaban J connectivity index is 2.15. The van der Waals surface area contributed by atoms with Crippen LogP contribution < -0.4 is 0 Å². The van der Waals surface area contributed by atoms with Gasteiger partial charge in [-0.15, -0.1) is 10.2 Å². The van der Waals surface area contributed by atoms with Crippen molar-refractivity contribution in [1.82, 2.24) is 14.8 Å². The maximum Gasteiger partial charge on any atom is 0.313 e. The van der Waals surface area contributed by atoms with E-state index in [1.807, 2.05) is 4.57 Å². The molecule has 0 atom stereocenters. The monoisotopic (exact) mass is 305 g/mol. The van der Waals surface area contributed by atoms with E-state index in [1.165, 1.54) is 0 Å². The number of rotatable bonds is 4. The molecule has 0 aliphatic carbocycles. The zero-order valence-corrected chi connectivity index (χ0v) is 12.1. The summed E-state index contributed by atoms with van der Waals surface area (Å²) in [6.45, 7) is 1.79. The predicted octanol–water partition coefficient (Wildman–Crippen LogP) is 0.513. The molecule has 0 radical (unpaired) electrons. The first kappa shape index (κ1) is 14.3. The van der Waals surface area contributed by atoms with Gasteiger partial charge >= 0.3 is 5.97 Å².